The number of hydrogen-bond acceptors (Lipinski definition) is 18. The van der Waals surface area contributed by atoms with Gasteiger partial charge in [0.2, 0.25) is 0 Å². The van der Waals surface area contributed by atoms with Crippen molar-refractivity contribution in [3.63, 3.8) is 0 Å². The van der Waals surface area contributed by atoms with Crippen molar-refractivity contribution in [1.82, 2.24) is 90.4 Å². The van der Waals surface area contributed by atoms with E-state index in [0.717, 1.165) is 188 Å². The number of rotatable bonds is 21. The fourth-order valence-electron chi connectivity index (χ4n) is 15.5. The Hall–Kier alpha value is -11.8. The number of hydrazine groups is 1. The number of nitrogens with one attached hydrogen (secondary N) is 7. The van der Waals surface area contributed by atoms with Crippen LogP contribution >= 0.6 is 0 Å². The highest BCUT2D eigenvalue weighted by atomic mass is 16.2. The van der Waals surface area contributed by atoms with Crippen molar-refractivity contribution >= 4 is 79.3 Å². The number of aromatic amines is 3. The van der Waals surface area contributed by atoms with Crippen LogP contribution in [0.5, 0.6) is 0 Å². The summed E-state index contributed by atoms with van der Waals surface area (Å²) in [6.45, 7) is 13.9. The molecule has 0 aliphatic carbocycles. The van der Waals surface area contributed by atoms with E-state index in [4.69, 9.17) is 0 Å². The van der Waals surface area contributed by atoms with Gasteiger partial charge in [0.25, 0.3) is 29.5 Å². The van der Waals surface area contributed by atoms with Gasteiger partial charge < -0.3 is 30.7 Å². The standard InChI is InChI=1S/C29H32N8O2.C29H31N7O2.C29H34N6O.2CH4/c38-28(35-37-12-4-5-13-37)26-9-7-23(18-31-26)32-29(39)27-24-15-21(6-8-25(24)33-34-27)22-14-20(16-30-17-22)19-36-10-2-1-3-11-36;37-28(32-23-7-9-26(31-18-23)29(38)36-12-4-5-13-36)27-24-15-21(6-8-25(24)33-34-27)22-14-20(16-30-17-22)19-35-10-2-1-3-11-35;1-34(2)20-22-16-24(19-30-18-22)23-8-11-27-26(17-23)28(33-32-27)29(36)31-25-9-6-21(7-10-25)12-15-35-13-4-3-5-14-35;;/h6-9,14-18H,1-5,10-13,19H2,(H,32,39)(H,33,34)(H,35,38);6-9,14-18H,1-5,10-13,19H2,(H,32,37)(H,33,34);6-11,16-19H,3-5,12-15,20H2,1-2H3,(H,31,36)(H,32,33);2*1H4. The van der Waals surface area contributed by atoms with Gasteiger partial charge in [0.05, 0.1) is 40.3 Å². The second-order valence-corrected chi connectivity index (χ2v) is 30.4. The molecular formula is C89H105N21O5. The monoisotopic (exact) mass is 1550 g/mol. The predicted octanol–water partition coefficient (Wildman–Crippen LogP) is 14.7. The molecule has 596 valence electrons. The summed E-state index contributed by atoms with van der Waals surface area (Å²) in [6.07, 6.45) is 31.2. The van der Waals surface area contributed by atoms with Crippen molar-refractivity contribution in [3.8, 4) is 33.4 Å². The van der Waals surface area contributed by atoms with Gasteiger partial charge in [-0.05, 0) is 254 Å². The molecule has 26 nitrogen and oxygen atoms in total. The maximum Gasteiger partial charge on any atom is 0.284 e. The van der Waals surface area contributed by atoms with Crippen molar-refractivity contribution < 1.29 is 24.0 Å². The molecule has 12 aromatic rings. The first-order valence-corrected chi connectivity index (χ1v) is 39.7. The van der Waals surface area contributed by atoms with Gasteiger partial charge in [-0.15, -0.1) is 0 Å². The summed E-state index contributed by atoms with van der Waals surface area (Å²) in [5, 5.41) is 34.6. The Morgan fingerprint density at radius 1 is 0.374 bits per heavy atom. The summed E-state index contributed by atoms with van der Waals surface area (Å²) in [4.78, 5) is 97.7. The first-order chi connectivity index (χ1) is 55.3. The van der Waals surface area contributed by atoms with Crippen LogP contribution in [0.3, 0.4) is 0 Å². The Bertz CT molecular complexity index is 5280. The smallest absolute Gasteiger partial charge is 0.284 e. The van der Waals surface area contributed by atoms with Crippen LogP contribution in [0.2, 0.25) is 0 Å². The van der Waals surface area contributed by atoms with Gasteiger partial charge in [0.15, 0.2) is 17.1 Å². The fourth-order valence-corrected chi connectivity index (χ4v) is 15.5. The van der Waals surface area contributed by atoms with Crippen molar-refractivity contribution in [2.45, 2.75) is 124 Å². The van der Waals surface area contributed by atoms with Gasteiger partial charge >= 0.3 is 0 Å². The number of piperidine rings is 3. The average molecular weight is 1550 g/mol. The van der Waals surface area contributed by atoms with Gasteiger partial charge in [-0.25, -0.2) is 15.0 Å². The van der Waals surface area contributed by atoms with Gasteiger partial charge in [-0.2, -0.15) is 15.3 Å². The third-order valence-corrected chi connectivity index (χ3v) is 21.6. The number of nitrogens with zero attached hydrogens (tertiary/aromatic N) is 14. The second kappa shape index (κ2) is 38.8. The van der Waals surface area contributed by atoms with Crippen LogP contribution in [0.15, 0.2) is 171 Å². The molecule has 0 saturated carbocycles. The lowest BCUT2D eigenvalue weighted by Gasteiger charge is -2.26. The number of carbonyl (C=O) groups excluding carboxylic acids is 5. The van der Waals surface area contributed by atoms with E-state index in [1.807, 2.05) is 128 Å². The molecule has 5 aliphatic rings. The predicted molar refractivity (Wildman–Crippen MR) is 453 cm³/mol. The minimum atomic E-state index is -0.355. The molecule has 5 saturated heterocycles. The summed E-state index contributed by atoms with van der Waals surface area (Å²) in [7, 11) is 4.08. The van der Waals surface area contributed by atoms with E-state index >= 15 is 0 Å². The largest absolute Gasteiger partial charge is 0.337 e. The minimum absolute atomic E-state index is 0. The van der Waals surface area contributed by atoms with Crippen molar-refractivity contribution in [3.05, 3.63) is 222 Å². The van der Waals surface area contributed by atoms with E-state index < -0.39 is 0 Å². The Kier molecular flexibility index (Phi) is 27.4. The summed E-state index contributed by atoms with van der Waals surface area (Å²) < 4.78 is 0. The third kappa shape index (κ3) is 21.0. The number of likely N-dealkylation sites (tertiary alicyclic amines) is 4. The Morgan fingerprint density at radius 2 is 0.765 bits per heavy atom. The molecule has 5 fully saturated rings. The molecule has 0 bridgehead atoms. The lowest BCUT2D eigenvalue weighted by Crippen LogP contribution is -2.40. The molecule has 17 rings (SSSR count). The van der Waals surface area contributed by atoms with Gasteiger partial charge in [-0.3, -0.25) is 69.4 Å². The first-order valence-electron chi connectivity index (χ1n) is 39.7. The number of pyridine rings is 5. The zero-order chi connectivity index (χ0) is 77.4. The first kappa shape index (κ1) is 81.2. The van der Waals surface area contributed by atoms with Gasteiger partial charge in [0, 0.05) is 128 Å². The van der Waals surface area contributed by atoms with Gasteiger partial charge in [-0.1, -0.05) is 64.4 Å². The quantitative estimate of drug-likeness (QED) is 0.0352. The highest BCUT2D eigenvalue weighted by Gasteiger charge is 2.25. The lowest BCUT2D eigenvalue weighted by atomic mass is 10.0. The van der Waals surface area contributed by atoms with E-state index in [-0.39, 0.29) is 44.4 Å². The third-order valence-electron chi connectivity index (χ3n) is 21.6. The van der Waals surface area contributed by atoms with Crippen molar-refractivity contribution in [1.29, 1.82) is 0 Å². The highest BCUT2D eigenvalue weighted by molar-refractivity contribution is 6.14. The fraction of sp³-hybridized carbons (Fsp3) is 0.360. The number of hydrogen-bond donors (Lipinski definition) is 7. The maximum atomic E-state index is 13.1. The van der Waals surface area contributed by atoms with E-state index in [1.54, 1.807) is 24.3 Å². The van der Waals surface area contributed by atoms with Crippen LogP contribution < -0.4 is 21.4 Å². The molecule has 0 unspecified atom stereocenters. The number of H-pyrrole nitrogens is 3. The van der Waals surface area contributed by atoms with Crippen LogP contribution in [0.4, 0.5) is 17.1 Å². The molecule has 115 heavy (non-hydrogen) atoms. The summed E-state index contributed by atoms with van der Waals surface area (Å²) in [6, 6.07) is 39.1. The summed E-state index contributed by atoms with van der Waals surface area (Å²) >= 11 is 0. The lowest BCUT2D eigenvalue weighted by molar-refractivity contribution is 0.0785. The number of anilines is 3. The molecule has 13 heterocycles. The topological polar surface area (TPSA) is 303 Å². The van der Waals surface area contributed by atoms with Crippen molar-refractivity contribution in [2.24, 2.45) is 0 Å². The zero-order valence-electron chi connectivity index (χ0n) is 64.3. The normalized spacial score (nSPS) is 15.4. The molecule has 5 aliphatic heterocycles. The Balaban J connectivity index is 0.000000149. The molecule has 4 aromatic carbocycles. The molecule has 7 N–H and O–H groups in total. The van der Waals surface area contributed by atoms with Crippen molar-refractivity contribution in [2.75, 3.05) is 102 Å². The number of carbonyl (C=O) groups is 5. The number of aromatic nitrogens is 11. The van der Waals surface area contributed by atoms with E-state index in [0.29, 0.717) is 39.8 Å². The van der Waals surface area contributed by atoms with E-state index in [2.05, 4.69) is 127 Å². The molecule has 0 radical (unpaired) electrons. The van der Waals surface area contributed by atoms with Gasteiger partial charge in [0.1, 0.15) is 11.4 Å². The van der Waals surface area contributed by atoms with Crippen LogP contribution in [-0.2, 0) is 26.1 Å². The SMILES string of the molecule is C.C.CN(C)Cc1cncc(-c2ccc3[nH]nc(C(=O)Nc4ccc(CCN5CCCCC5)cc4)c3c2)c1.O=C(NN1CCCC1)c1ccc(NC(=O)c2n[nH]c3ccc(-c4cncc(CN5CCCCC5)c4)cc23)cn1.O=C(Nc1ccc(C(=O)N2CCCC2)nc1)c1n[nH]c2ccc(-c3cncc(CN4CCCCC4)c3)cc12. The molecule has 5 amide bonds. The van der Waals surface area contributed by atoms with Crippen LogP contribution in [0.1, 0.15) is 173 Å². The van der Waals surface area contributed by atoms with E-state index in [9.17, 15) is 24.0 Å². The van der Waals surface area contributed by atoms with E-state index in [1.165, 1.54) is 100.0 Å². The van der Waals surface area contributed by atoms with Crippen LogP contribution in [0, 0.1) is 0 Å². The molecule has 8 aromatic heterocycles. The Labute approximate surface area is 671 Å². The molecule has 26 heteroatoms. The maximum absolute atomic E-state index is 13.1. The number of fused-ring (bicyclic) bond motifs is 3. The average Bonchev–Trinajstić information content (AvgIpc) is 1.68. The number of amides is 5. The number of benzene rings is 4. The Morgan fingerprint density at radius 3 is 1.20 bits per heavy atom. The summed E-state index contributed by atoms with van der Waals surface area (Å²) in [5.41, 5.74) is 19.5. The zero-order valence-corrected chi connectivity index (χ0v) is 64.3. The molecule has 0 atom stereocenters. The van der Waals surface area contributed by atoms with Crippen LogP contribution in [-0.4, -0.2) is 201 Å². The molecule has 0 spiro atoms. The molecular weight excluding hydrogens is 1440 g/mol. The van der Waals surface area contributed by atoms with Crippen LogP contribution in [0.25, 0.3) is 66.1 Å². The summed E-state index contributed by atoms with van der Waals surface area (Å²) in [5.74, 6) is -1.24. The highest BCUT2D eigenvalue weighted by Crippen LogP contribution is 2.32. The minimum Gasteiger partial charge on any atom is -0.337 e. The second-order valence-electron chi connectivity index (χ2n) is 30.4.